The summed E-state index contributed by atoms with van der Waals surface area (Å²) in [5.41, 5.74) is 6.53. The van der Waals surface area contributed by atoms with E-state index >= 15 is 0 Å². The van der Waals surface area contributed by atoms with Gasteiger partial charge in [0.05, 0.1) is 18.1 Å². The summed E-state index contributed by atoms with van der Waals surface area (Å²) < 4.78 is 5.05. The van der Waals surface area contributed by atoms with Crippen LogP contribution < -0.4 is 5.73 Å². The van der Waals surface area contributed by atoms with Crippen molar-refractivity contribution in [1.82, 2.24) is 9.97 Å². The molecule has 2 aromatic rings. The fraction of sp³-hybridized carbons (Fsp3) is 0.231. The summed E-state index contributed by atoms with van der Waals surface area (Å²) in [6.45, 7) is 0.432. The van der Waals surface area contributed by atoms with Gasteiger partial charge in [-0.1, -0.05) is 17.7 Å². The van der Waals surface area contributed by atoms with Crippen molar-refractivity contribution < 1.29 is 4.74 Å². The third kappa shape index (κ3) is 4.38. The minimum Gasteiger partial charge on any atom is -0.384 e. The van der Waals surface area contributed by atoms with Crippen LogP contribution in [0.15, 0.2) is 35.2 Å². The van der Waals surface area contributed by atoms with Gasteiger partial charge in [0.15, 0.2) is 0 Å². The van der Waals surface area contributed by atoms with Crippen LogP contribution in [-0.4, -0.2) is 17.1 Å². The molecule has 1 heterocycles. The van der Waals surface area contributed by atoms with Crippen molar-refractivity contribution in [2.45, 2.75) is 17.3 Å². The highest BCUT2D eigenvalue weighted by Gasteiger charge is 2.04. The Balaban J connectivity index is 2.06. The number of nitrogen functional groups attached to an aromatic ring is 1. The van der Waals surface area contributed by atoms with Crippen molar-refractivity contribution in [2.24, 2.45) is 0 Å². The summed E-state index contributed by atoms with van der Waals surface area (Å²) in [5.74, 6) is 1.79. The molecule has 2 N–H and O–H groups in total. The summed E-state index contributed by atoms with van der Waals surface area (Å²) in [6, 6.07) is 9.39. The lowest BCUT2D eigenvalue weighted by atomic mass is 10.4. The molecule has 4 nitrogen and oxygen atoms in total. The van der Waals surface area contributed by atoms with Gasteiger partial charge in [0.2, 0.25) is 0 Å². The molecule has 0 bridgehead atoms. The molecule has 0 amide bonds. The summed E-state index contributed by atoms with van der Waals surface area (Å²) in [5, 5.41) is 0.721. The molecular weight excluding hydrogens is 282 g/mol. The van der Waals surface area contributed by atoms with Gasteiger partial charge in [0.1, 0.15) is 11.6 Å². The van der Waals surface area contributed by atoms with Gasteiger partial charge >= 0.3 is 0 Å². The van der Waals surface area contributed by atoms with Crippen molar-refractivity contribution in [2.75, 3.05) is 12.8 Å². The first-order valence-corrected chi connectivity index (χ1v) is 7.03. The zero-order valence-electron chi connectivity index (χ0n) is 10.5. The van der Waals surface area contributed by atoms with Crippen LogP contribution in [0.4, 0.5) is 5.82 Å². The number of ether oxygens (including phenoxy) is 1. The van der Waals surface area contributed by atoms with E-state index in [0.717, 1.165) is 15.6 Å². The molecule has 6 heteroatoms. The lowest BCUT2D eigenvalue weighted by Crippen LogP contribution is -2.03. The summed E-state index contributed by atoms with van der Waals surface area (Å²) in [6.07, 6.45) is 0. The number of rotatable bonds is 5. The highest BCUT2D eigenvalue weighted by Crippen LogP contribution is 2.24. The van der Waals surface area contributed by atoms with E-state index in [9.17, 15) is 0 Å². The van der Waals surface area contributed by atoms with Gasteiger partial charge in [-0.15, -0.1) is 11.8 Å². The average molecular weight is 296 g/mol. The molecule has 0 atom stereocenters. The smallest absolute Gasteiger partial charge is 0.141 e. The van der Waals surface area contributed by atoms with Gasteiger partial charge in [0, 0.05) is 23.1 Å². The second-order valence-corrected chi connectivity index (χ2v) is 5.36. The Morgan fingerprint density at radius 2 is 2.16 bits per heavy atom. The van der Waals surface area contributed by atoms with E-state index in [0.29, 0.717) is 24.0 Å². The van der Waals surface area contributed by atoms with Crippen LogP contribution in [0.3, 0.4) is 0 Å². The summed E-state index contributed by atoms with van der Waals surface area (Å²) in [7, 11) is 1.62. The highest BCUT2D eigenvalue weighted by atomic mass is 35.5. The molecule has 2 rings (SSSR count). The Hall–Kier alpha value is -1.30. The van der Waals surface area contributed by atoms with E-state index in [2.05, 4.69) is 9.97 Å². The molecule has 100 valence electrons. The van der Waals surface area contributed by atoms with Crippen molar-refractivity contribution in [3.05, 3.63) is 46.9 Å². The number of hydrogen-bond acceptors (Lipinski definition) is 5. The lowest BCUT2D eigenvalue weighted by molar-refractivity contribution is 0.181. The monoisotopic (exact) mass is 295 g/mol. The molecule has 0 spiro atoms. The summed E-state index contributed by atoms with van der Waals surface area (Å²) >= 11 is 7.55. The topological polar surface area (TPSA) is 61.0 Å². The van der Waals surface area contributed by atoms with E-state index in [-0.39, 0.29) is 0 Å². The zero-order valence-corrected chi connectivity index (χ0v) is 12.0. The van der Waals surface area contributed by atoms with E-state index < -0.39 is 0 Å². The molecule has 0 saturated carbocycles. The predicted molar refractivity (Wildman–Crippen MR) is 78.2 cm³/mol. The number of nitrogens with zero attached hydrogens (tertiary/aromatic N) is 2. The highest BCUT2D eigenvalue weighted by molar-refractivity contribution is 7.98. The average Bonchev–Trinajstić information content (AvgIpc) is 2.36. The predicted octanol–water partition coefficient (Wildman–Crippen LogP) is 3.15. The number of aromatic nitrogens is 2. The molecular formula is C13H14ClN3OS. The molecule has 0 saturated heterocycles. The van der Waals surface area contributed by atoms with Crippen molar-refractivity contribution in [1.29, 1.82) is 0 Å². The maximum absolute atomic E-state index is 5.94. The van der Waals surface area contributed by atoms with Crippen LogP contribution in [0.2, 0.25) is 5.02 Å². The Morgan fingerprint density at radius 1 is 1.32 bits per heavy atom. The van der Waals surface area contributed by atoms with E-state index in [1.165, 1.54) is 0 Å². The molecule has 1 aromatic heterocycles. The molecule has 0 aliphatic heterocycles. The fourth-order valence-electron chi connectivity index (χ4n) is 1.57. The number of anilines is 1. The van der Waals surface area contributed by atoms with Crippen molar-refractivity contribution in [3.63, 3.8) is 0 Å². The van der Waals surface area contributed by atoms with E-state index in [4.69, 9.17) is 22.1 Å². The van der Waals surface area contributed by atoms with Crippen molar-refractivity contribution >= 4 is 29.2 Å². The maximum atomic E-state index is 5.94. The first-order valence-electron chi connectivity index (χ1n) is 5.67. The normalized spacial score (nSPS) is 10.6. The Labute approximate surface area is 121 Å². The number of methoxy groups -OCH3 is 1. The van der Waals surface area contributed by atoms with Gasteiger partial charge in [-0.05, 0) is 18.2 Å². The van der Waals surface area contributed by atoms with Crippen LogP contribution in [0, 0.1) is 0 Å². The molecule has 19 heavy (non-hydrogen) atoms. The first kappa shape index (κ1) is 14.1. The van der Waals surface area contributed by atoms with Crippen LogP contribution >= 0.6 is 23.4 Å². The van der Waals surface area contributed by atoms with Gasteiger partial charge in [-0.25, -0.2) is 9.97 Å². The number of thioether (sulfide) groups is 1. The quantitative estimate of drug-likeness (QED) is 0.859. The standard InChI is InChI=1S/C13H14ClN3OS/c1-18-7-10-6-12(15)17-13(16-10)8-19-11-4-2-3-9(14)5-11/h2-6H,7-8H2,1H3,(H2,15,16,17). The van der Waals surface area contributed by atoms with Crippen LogP contribution in [0.5, 0.6) is 0 Å². The SMILES string of the molecule is COCc1cc(N)nc(CSc2cccc(Cl)c2)n1. The number of hydrogen-bond donors (Lipinski definition) is 1. The molecule has 0 radical (unpaired) electrons. The second-order valence-electron chi connectivity index (χ2n) is 3.88. The second kappa shape index (κ2) is 6.75. The minimum absolute atomic E-state index is 0.432. The van der Waals surface area contributed by atoms with Crippen LogP contribution in [0.1, 0.15) is 11.5 Å². The summed E-state index contributed by atoms with van der Waals surface area (Å²) in [4.78, 5) is 9.68. The Kier molecular flexibility index (Phi) is 5.01. The largest absolute Gasteiger partial charge is 0.384 e. The lowest BCUT2D eigenvalue weighted by Gasteiger charge is -2.05. The minimum atomic E-state index is 0.432. The van der Waals surface area contributed by atoms with Crippen molar-refractivity contribution in [3.8, 4) is 0 Å². The molecule has 0 fully saturated rings. The number of benzene rings is 1. The van der Waals surface area contributed by atoms with E-state index in [1.54, 1.807) is 24.9 Å². The third-order valence-electron chi connectivity index (χ3n) is 2.30. The molecule has 0 aliphatic carbocycles. The number of halogens is 1. The third-order valence-corrected chi connectivity index (χ3v) is 3.53. The molecule has 1 aromatic carbocycles. The number of nitrogens with two attached hydrogens (primary N) is 1. The van der Waals surface area contributed by atoms with Gasteiger partial charge < -0.3 is 10.5 Å². The zero-order chi connectivity index (χ0) is 13.7. The van der Waals surface area contributed by atoms with Gasteiger partial charge in [0.25, 0.3) is 0 Å². The fourth-order valence-corrected chi connectivity index (χ4v) is 2.63. The van der Waals surface area contributed by atoms with Crippen LogP contribution in [0.25, 0.3) is 0 Å². The Bertz CT molecular complexity index is 565. The first-order chi connectivity index (χ1) is 9.17. The van der Waals surface area contributed by atoms with E-state index in [1.807, 2.05) is 24.3 Å². The molecule has 0 aliphatic rings. The Morgan fingerprint density at radius 3 is 2.89 bits per heavy atom. The van der Waals surface area contributed by atoms with Crippen LogP contribution in [-0.2, 0) is 17.1 Å². The van der Waals surface area contributed by atoms with Gasteiger partial charge in [-0.2, -0.15) is 0 Å². The molecule has 0 unspecified atom stereocenters. The van der Waals surface area contributed by atoms with Gasteiger partial charge in [-0.3, -0.25) is 0 Å². The maximum Gasteiger partial charge on any atom is 0.141 e.